The Morgan fingerprint density at radius 1 is 1.30 bits per heavy atom. The normalized spacial score (nSPS) is 19.4. The third kappa shape index (κ3) is 3.86. The van der Waals surface area contributed by atoms with Crippen LogP contribution in [0.2, 0.25) is 0 Å². The molecule has 1 aromatic rings. The Morgan fingerprint density at radius 2 is 1.90 bits per heavy atom. The van der Waals surface area contributed by atoms with Crippen LogP contribution in [-0.4, -0.2) is 36.5 Å². The van der Waals surface area contributed by atoms with E-state index in [1.165, 1.54) is 12.1 Å². The number of alkyl halides is 3. The molecule has 0 aromatic heterocycles. The van der Waals surface area contributed by atoms with Gasteiger partial charge in [-0.2, -0.15) is 13.2 Å². The van der Waals surface area contributed by atoms with Crippen LogP contribution in [-0.2, 0) is 6.18 Å². The van der Waals surface area contributed by atoms with Gasteiger partial charge in [0.15, 0.2) is 0 Å². The molecule has 20 heavy (non-hydrogen) atoms. The topological polar surface area (TPSA) is 32.3 Å². The molecule has 1 unspecified atom stereocenters. The van der Waals surface area contributed by atoms with Gasteiger partial charge in [-0.3, -0.25) is 4.79 Å². The molecule has 1 saturated heterocycles. The summed E-state index contributed by atoms with van der Waals surface area (Å²) in [6.45, 7) is 3.81. The van der Waals surface area contributed by atoms with Gasteiger partial charge in [-0.15, -0.1) is 12.4 Å². The maximum atomic E-state index is 12.4. The van der Waals surface area contributed by atoms with E-state index >= 15 is 0 Å². The lowest BCUT2D eigenvalue weighted by molar-refractivity contribution is -0.137. The fourth-order valence-electron chi connectivity index (χ4n) is 2.10. The van der Waals surface area contributed by atoms with Crippen molar-refractivity contribution in [3.63, 3.8) is 0 Å². The number of nitrogens with one attached hydrogen (secondary N) is 1. The Balaban J connectivity index is 0.00000200. The molecule has 1 aliphatic rings. The van der Waals surface area contributed by atoms with E-state index in [4.69, 9.17) is 0 Å². The molecule has 0 radical (unpaired) electrons. The highest BCUT2D eigenvalue weighted by Crippen LogP contribution is 2.29. The van der Waals surface area contributed by atoms with E-state index in [2.05, 4.69) is 5.32 Å². The number of hydrogen-bond acceptors (Lipinski definition) is 2. The molecule has 112 valence electrons. The van der Waals surface area contributed by atoms with Gasteiger partial charge in [-0.25, -0.2) is 0 Å². The van der Waals surface area contributed by atoms with Gasteiger partial charge in [0.25, 0.3) is 5.91 Å². The van der Waals surface area contributed by atoms with Crippen LogP contribution in [0.15, 0.2) is 24.3 Å². The highest BCUT2D eigenvalue weighted by Gasteiger charge is 2.30. The van der Waals surface area contributed by atoms with Crippen molar-refractivity contribution in [3.05, 3.63) is 35.4 Å². The van der Waals surface area contributed by atoms with Crippen molar-refractivity contribution in [2.24, 2.45) is 0 Å². The average Bonchev–Trinajstić information content (AvgIpc) is 2.37. The van der Waals surface area contributed by atoms with E-state index in [9.17, 15) is 18.0 Å². The molecule has 7 heteroatoms. The first-order chi connectivity index (χ1) is 8.88. The standard InChI is InChI=1S/C13H15F3N2O.ClH/c1-9-8-18(7-6-17-9)12(19)10-2-4-11(5-3-10)13(14,15)16;/h2-5,9,17H,6-8H2,1H3;1H. The third-order valence-electron chi connectivity index (χ3n) is 3.12. The van der Waals surface area contributed by atoms with Gasteiger partial charge < -0.3 is 10.2 Å². The molecule has 1 atom stereocenters. The Bertz CT molecular complexity index is 462. The summed E-state index contributed by atoms with van der Waals surface area (Å²) in [7, 11) is 0. The van der Waals surface area contributed by atoms with Crippen molar-refractivity contribution < 1.29 is 18.0 Å². The lowest BCUT2D eigenvalue weighted by Gasteiger charge is -2.32. The van der Waals surface area contributed by atoms with E-state index in [0.29, 0.717) is 25.2 Å². The molecule has 0 aliphatic carbocycles. The molecule has 1 N–H and O–H groups in total. The van der Waals surface area contributed by atoms with E-state index in [1.54, 1.807) is 4.90 Å². The highest BCUT2D eigenvalue weighted by atomic mass is 35.5. The van der Waals surface area contributed by atoms with Crippen LogP contribution in [0, 0.1) is 0 Å². The number of amides is 1. The Morgan fingerprint density at radius 3 is 2.40 bits per heavy atom. The average molecular weight is 309 g/mol. The van der Waals surface area contributed by atoms with Crippen LogP contribution in [0.25, 0.3) is 0 Å². The van der Waals surface area contributed by atoms with Crippen LogP contribution >= 0.6 is 12.4 Å². The first-order valence-corrected chi connectivity index (χ1v) is 6.08. The summed E-state index contributed by atoms with van der Waals surface area (Å²) >= 11 is 0. The van der Waals surface area contributed by atoms with Crippen molar-refractivity contribution in [3.8, 4) is 0 Å². The number of rotatable bonds is 1. The molecule has 1 heterocycles. The minimum Gasteiger partial charge on any atom is -0.336 e. The van der Waals surface area contributed by atoms with Crippen molar-refractivity contribution >= 4 is 18.3 Å². The fourth-order valence-corrected chi connectivity index (χ4v) is 2.10. The number of hydrogen-bond donors (Lipinski definition) is 1. The van der Waals surface area contributed by atoms with E-state index in [0.717, 1.165) is 12.1 Å². The molecule has 0 saturated carbocycles. The van der Waals surface area contributed by atoms with Gasteiger partial charge >= 0.3 is 6.18 Å². The lowest BCUT2D eigenvalue weighted by atomic mass is 10.1. The molecule has 1 fully saturated rings. The Kier molecular flexibility index (Phi) is 5.42. The van der Waals surface area contributed by atoms with Crippen molar-refractivity contribution in [1.82, 2.24) is 10.2 Å². The maximum Gasteiger partial charge on any atom is 0.416 e. The summed E-state index contributed by atoms with van der Waals surface area (Å²) in [5.74, 6) is -0.220. The molecule has 1 aromatic carbocycles. The molecular formula is C13H16ClF3N2O. The van der Waals surface area contributed by atoms with Crippen LogP contribution in [0.4, 0.5) is 13.2 Å². The zero-order chi connectivity index (χ0) is 14.0. The number of nitrogens with zero attached hydrogens (tertiary/aromatic N) is 1. The van der Waals surface area contributed by atoms with Gasteiger partial charge in [0, 0.05) is 31.2 Å². The number of carbonyl (C=O) groups excluding carboxylic acids is 1. The first kappa shape index (κ1) is 16.8. The fraction of sp³-hybridized carbons (Fsp3) is 0.462. The highest BCUT2D eigenvalue weighted by molar-refractivity contribution is 5.94. The van der Waals surface area contributed by atoms with E-state index in [1.807, 2.05) is 6.92 Å². The number of carbonyl (C=O) groups is 1. The zero-order valence-corrected chi connectivity index (χ0v) is 11.7. The summed E-state index contributed by atoms with van der Waals surface area (Å²) in [6.07, 6.45) is -4.37. The van der Waals surface area contributed by atoms with E-state index < -0.39 is 11.7 Å². The monoisotopic (exact) mass is 308 g/mol. The van der Waals surface area contributed by atoms with Crippen LogP contribution < -0.4 is 5.32 Å². The van der Waals surface area contributed by atoms with Crippen molar-refractivity contribution in [2.45, 2.75) is 19.1 Å². The minimum atomic E-state index is -4.37. The lowest BCUT2D eigenvalue weighted by Crippen LogP contribution is -2.51. The number of benzene rings is 1. The summed E-state index contributed by atoms with van der Waals surface area (Å²) in [6, 6.07) is 4.56. The second-order valence-corrected chi connectivity index (χ2v) is 4.68. The predicted octanol–water partition coefficient (Wildman–Crippen LogP) is 2.56. The second-order valence-electron chi connectivity index (χ2n) is 4.68. The van der Waals surface area contributed by atoms with Gasteiger partial charge in [0.05, 0.1) is 5.56 Å². The summed E-state index contributed by atoms with van der Waals surface area (Å²) in [4.78, 5) is 13.8. The molecular weight excluding hydrogens is 293 g/mol. The van der Waals surface area contributed by atoms with Crippen molar-refractivity contribution in [2.75, 3.05) is 19.6 Å². The molecule has 0 spiro atoms. The molecule has 1 aliphatic heterocycles. The van der Waals surface area contributed by atoms with Gasteiger partial charge in [0.1, 0.15) is 0 Å². The number of halogens is 4. The summed E-state index contributed by atoms with van der Waals surface area (Å²) in [5, 5.41) is 3.20. The van der Waals surface area contributed by atoms with Crippen LogP contribution in [0.3, 0.4) is 0 Å². The molecule has 3 nitrogen and oxygen atoms in total. The molecule has 2 rings (SSSR count). The Hall–Kier alpha value is -1.27. The van der Waals surface area contributed by atoms with Crippen LogP contribution in [0.5, 0.6) is 0 Å². The van der Waals surface area contributed by atoms with Gasteiger partial charge in [-0.05, 0) is 31.2 Å². The van der Waals surface area contributed by atoms with Gasteiger partial charge in [-0.1, -0.05) is 0 Å². The Labute approximate surface area is 121 Å². The van der Waals surface area contributed by atoms with Crippen LogP contribution in [0.1, 0.15) is 22.8 Å². The molecule has 0 bridgehead atoms. The molecule has 1 amide bonds. The SMILES string of the molecule is CC1CN(C(=O)c2ccc(C(F)(F)F)cc2)CCN1.Cl. The second kappa shape index (κ2) is 6.45. The van der Waals surface area contributed by atoms with E-state index in [-0.39, 0.29) is 24.4 Å². The quantitative estimate of drug-likeness (QED) is 0.865. The third-order valence-corrected chi connectivity index (χ3v) is 3.12. The number of piperazine rings is 1. The largest absolute Gasteiger partial charge is 0.416 e. The zero-order valence-electron chi connectivity index (χ0n) is 10.9. The smallest absolute Gasteiger partial charge is 0.336 e. The van der Waals surface area contributed by atoms with Gasteiger partial charge in [0.2, 0.25) is 0 Å². The first-order valence-electron chi connectivity index (χ1n) is 6.08. The predicted molar refractivity (Wildman–Crippen MR) is 72.1 cm³/mol. The summed E-state index contributed by atoms with van der Waals surface area (Å²) < 4.78 is 37.3. The maximum absolute atomic E-state index is 12.4. The summed E-state index contributed by atoms with van der Waals surface area (Å²) in [5.41, 5.74) is -0.445. The van der Waals surface area contributed by atoms with Crippen molar-refractivity contribution in [1.29, 1.82) is 0 Å². The minimum absolute atomic E-state index is 0.